The summed E-state index contributed by atoms with van der Waals surface area (Å²) in [5.74, 6) is 1.62. The number of carbonyl (C=O) groups is 1. The summed E-state index contributed by atoms with van der Waals surface area (Å²) in [6, 6.07) is 9.85. The molecule has 0 fully saturated rings. The molecule has 0 spiro atoms. The number of benzene rings is 1. The maximum Gasteiger partial charge on any atom is 0.273 e. The molecule has 1 aliphatic carbocycles. The average Bonchev–Trinajstić information content (AvgIpc) is 3.29. The van der Waals surface area contributed by atoms with E-state index in [1.807, 2.05) is 53.9 Å². The summed E-state index contributed by atoms with van der Waals surface area (Å²) in [4.78, 5) is 20.1. The molecule has 0 saturated heterocycles. The van der Waals surface area contributed by atoms with E-state index < -0.39 is 0 Å². The topological polar surface area (TPSA) is 68.8 Å². The minimum absolute atomic E-state index is 0.0566. The van der Waals surface area contributed by atoms with Crippen LogP contribution in [0.5, 0.6) is 0 Å². The molecule has 0 N–H and O–H groups in total. The van der Waals surface area contributed by atoms with Gasteiger partial charge in [-0.2, -0.15) is 10.2 Å². The van der Waals surface area contributed by atoms with Gasteiger partial charge >= 0.3 is 0 Å². The third-order valence-corrected chi connectivity index (χ3v) is 5.91. The van der Waals surface area contributed by atoms with Crippen LogP contribution in [-0.4, -0.2) is 41.9 Å². The van der Waals surface area contributed by atoms with E-state index in [9.17, 15) is 4.79 Å². The fourth-order valence-electron chi connectivity index (χ4n) is 4.43. The summed E-state index contributed by atoms with van der Waals surface area (Å²) in [7, 11) is 1.89. The van der Waals surface area contributed by atoms with Crippen molar-refractivity contribution in [3.8, 4) is 11.4 Å². The van der Waals surface area contributed by atoms with Crippen LogP contribution in [0.25, 0.3) is 11.4 Å². The number of amides is 1. The number of nitrogens with zero attached hydrogens (tertiary/aromatic N) is 6. The van der Waals surface area contributed by atoms with Crippen molar-refractivity contribution < 1.29 is 4.79 Å². The third-order valence-electron chi connectivity index (χ3n) is 5.91. The lowest BCUT2D eigenvalue weighted by Crippen LogP contribution is -2.42. The van der Waals surface area contributed by atoms with Crippen molar-refractivity contribution in [1.29, 1.82) is 0 Å². The van der Waals surface area contributed by atoms with Gasteiger partial charge in [-0.3, -0.25) is 9.48 Å². The zero-order valence-electron chi connectivity index (χ0n) is 16.3. The molecule has 0 bridgehead atoms. The SMILES string of the molecule is C[C@H]1c2nc(-c3ccccc3)nn2CCN1C(=O)c1c2c(nn1C)CCCC2. The summed E-state index contributed by atoms with van der Waals surface area (Å²) < 4.78 is 3.72. The van der Waals surface area contributed by atoms with Crippen molar-refractivity contribution in [3.63, 3.8) is 0 Å². The molecule has 3 aromatic rings. The van der Waals surface area contributed by atoms with Gasteiger partial charge in [-0.15, -0.1) is 0 Å². The summed E-state index contributed by atoms with van der Waals surface area (Å²) in [5.41, 5.74) is 3.98. The summed E-state index contributed by atoms with van der Waals surface area (Å²) >= 11 is 0. The molecule has 1 aliphatic heterocycles. The summed E-state index contributed by atoms with van der Waals surface area (Å²) in [6.45, 7) is 3.32. The quantitative estimate of drug-likeness (QED) is 0.690. The lowest BCUT2D eigenvalue weighted by Gasteiger charge is -2.33. The second-order valence-corrected chi connectivity index (χ2v) is 7.66. The second kappa shape index (κ2) is 6.58. The van der Waals surface area contributed by atoms with E-state index in [4.69, 9.17) is 4.98 Å². The van der Waals surface area contributed by atoms with Crippen LogP contribution in [0.1, 0.15) is 53.4 Å². The number of hydrogen-bond acceptors (Lipinski definition) is 4. The van der Waals surface area contributed by atoms with Gasteiger partial charge in [0, 0.05) is 24.7 Å². The maximum absolute atomic E-state index is 13.5. The Labute approximate surface area is 164 Å². The molecule has 0 unspecified atom stereocenters. The summed E-state index contributed by atoms with van der Waals surface area (Å²) in [6.07, 6.45) is 4.20. The molecule has 7 nitrogen and oxygen atoms in total. The van der Waals surface area contributed by atoms with Gasteiger partial charge in [-0.25, -0.2) is 9.67 Å². The predicted molar refractivity (Wildman–Crippen MR) is 105 cm³/mol. The first-order chi connectivity index (χ1) is 13.6. The van der Waals surface area contributed by atoms with Crippen LogP contribution in [0.3, 0.4) is 0 Å². The van der Waals surface area contributed by atoms with E-state index in [0.29, 0.717) is 13.1 Å². The smallest absolute Gasteiger partial charge is 0.273 e. The van der Waals surface area contributed by atoms with Crippen molar-refractivity contribution in [2.24, 2.45) is 7.05 Å². The van der Waals surface area contributed by atoms with Gasteiger partial charge in [0.15, 0.2) is 5.82 Å². The Morgan fingerprint density at radius 1 is 1.07 bits per heavy atom. The van der Waals surface area contributed by atoms with E-state index in [-0.39, 0.29) is 11.9 Å². The van der Waals surface area contributed by atoms with E-state index >= 15 is 0 Å². The first-order valence-corrected chi connectivity index (χ1v) is 9.99. The highest BCUT2D eigenvalue weighted by Gasteiger charge is 2.34. The number of carbonyl (C=O) groups excluding carboxylic acids is 1. The van der Waals surface area contributed by atoms with Crippen molar-refractivity contribution in [3.05, 3.63) is 53.1 Å². The molecule has 2 aromatic heterocycles. The number of aryl methyl sites for hydroxylation is 2. The Kier molecular flexibility index (Phi) is 4.03. The minimum atomic E-state index is -0.125. The molecular weight excluding hydrogens is 352 g/mol. The third kappa shape index (κ3) is 2.65. The average molecular weight is 376 g/mol. The van der Waals surface area contributed by atoms with Gasteiger partial charge < -0.3 is 4.90 Å². The normalized spacial score (nSPS) is 18.6. The molecule has 1 atom stereocenters. The highest BCUT2D eigenvalue weighted by Crippen LogP contribution is 2.30. The largest absolute Gasteiger partial charge is 0.325 e. The van der Waals surface area contributed by atoms with Gasteiger partial charge in [0.25, 0.3) is 5.91 Å². The number of fused-ring (bicyclic) bond motifs is 2. The highest BCUT2D eigenvalue weighted by molar-refractivity contribution is 5.94. The highest BCUT2D eigenvalue weighted by atomic mass is 16.2. The first kappa shape index (κ1) is 17.2. The first-order valence-electron chi connectivity index (χ1n) is 9.99. The monoisotopic (exact) mass is 376 g/mol. The Balaban J connectivity index is 1.47. The van der Waals surface area contributed by atoms with E-state index in [2.05, 4.69) is 10.2 Å². The van der Waals surface area contributed by atoms with Gasteiger partial charge in [0.2, 0.25) is 0 Å². The van der Waals surface area contributed by atoms with Crippen LogP contribution in [0.2, 0.25) is 0 Å². The molecule has 1 aromatic carbocycles. The maximum atomic E-state index is 13.5. The molecule has 0 saturated carbocycles. The van der Waals surface area contributed by atoms with E-state index in [1.165, 1.54) is 0 Å². The van der Waals surface area contributed by atoms with Crippen LogP contribution >= 0.6 is 0 Å². The molecular formula is C21H24N6O. The summed E-state index contributed by atoms with van der Waals surface area (Å²) in [5, 5.41) is 9.28. The Morgan fingerprint density at radius 2 is 1.86 bits per heavy atom. The van der Waals surface area contributed by atoms with Crippen LogP contribution in [0.4, 0.5) is 0 Å². The van der Waals surface area contributed by atoms with Gasteiger partial charge in [-0.05, 0) is 32.6 Å². The fraction of sp³-hybridized carbons (Fsp3) is 0.429. The number of rotatable bonds is 2. The van der Waals surface area contributed by atoms with E-state index in [1.54, 1.807) is 4.68 Å². The van der Waals surface area contributed by atoms with Gasteiger partial charge in [0.1, 0.15) is 11.5 Å². The molecule has 28 heavy (non-hydrogen) atoms. The zero-order valence-corrected chi connectivity index (χ0v) is 16.3. The van der Waals surface area contributed by atoms with Gasteiger partial charge in [-0.1, -0.05) is 30.3 Å². The zero-order chi connectivity index (χ0) is 19.3. The molecule has 2 aliphatic rings. The molecule has 7 heteroatoms. The fourth-order valence-corrected chi connectivity index (χ4v) is 4.43. The van der Waals surface area contributed by atoms with Crippen molar-refractivity contribution in [2.75, 3.05) is 6.54 Å². The molecule has 1 amide bonds. The van der Waals surface area contributed by atoms with Crippen molar-refractivity contribution in [2.45, 2.75) is 45.2 Å². The lowest BCUT2D eigenvalue weighted by atomic mass is 9.95. The van der Waals surface area contributed by atoms with Crippen LogP contribution in [0, 0.1) is 0 Å². The number of aromatic nitrogens is 5. The molecule has 144 valence electrons. The molecule has 0 radical (unpaired) electrons. The Hall–Kier alpha value is -2.96. The second-order valence-electron chi connectivity index (χ2n) is 7.66. The standard InChI is InChI=1S/C21H24N6O/c1-14-20-22-19(15-8-4-3-5-9-15)24-27(20)13-12-26(14)21(28)18-16-10-6-7-11-17(16)23-25(18)2/h3-5,8-9,14H,6-7,10-13H2,1-2H3/t14-/m0/s1. The van der Waals surface area contributed by atoms with Crippen LogP contribution < -0.4 is 0 Å². The van der Waals surface area contributed by atoms with Crippen molar-refractivity contribution >= 4 is 5.91 Å². The number of hydrogen-bond donors (Lipinski definition) is 0. The lowest BCUT2D eigenvalue weighted by molar-refractivity contribution is 0.0618. The van der Waals surface area contributed by atoms with E-state index in [0.717, 1.165) is 59.8 Å². The molecule has 3 heterocycles. The van der Waals surface area contributed by atoms with Crippen molar-refractivity contribution in [1.82, 2.24) is 29.4 Å². The Morgan fingerprint density at radius 3 is 2.68 bits per heavy atom. The van der Waals surface area contributed by atoms with Crippen LogP contribution in [0.15, 0.2) is 30.3 Å². The molecule has 5 rings (SSSR count). The Bertz CT molecular complexity index is 1030. The minimum Gasteiger partial charge on any atom is -0.325 e. The van der Waals surface area contributed by atoms with Gasteiger partial charge in [0.05, 0.1) is 18.3 Å². The predicted octanol–water partition coefficient (Wildman–Crippen LogP) is 2.77. The van der Waals surface area contributed by atoms with Crippen LogP contribution in [-0.2, 0) is 26.4 Å².